The minimum atomic E-state index is -3.79. The van der Waals surface area contributed by atoms with Crippen LogP contribution in [0.4, 0.5) is 11.4 Å². The molecule has 0 saturated heterocycles. The van der Waals surface area contributed by atoms with E-state index < -0.39 is 22.5 Å². The number of aryl methyl sites for hydroxylation is 2. The Labute approximate surface area is 167 Å². The van der Waals surface area contributed by atoms with Crippen LogP contribution in [0.15, 0.2) is 30.3 Å². The van der Waals surface area contributed by atoms with Gasteiger partial charge in [-0.25, -0.2) is 8.42 Å². The van der Waals surface area contributed by atoms with Gasteiger partial charge >= 0.3 is 0 Å². The Balaban J connectivity index is 2.34. The minimum absolute atomic E-state index is 0.0735. The van der Waals surface area contributed by atoms with Crippen LogP contribution in [0.5, 0.6) is 0 Å². The number of carbonyl (C=O) groups excluding carboxylic acids is 1. The van der Waals surface area contributed by atoms with Gasteiger partial charge in [-0.3, -0.25) is 9.10 Å². The fourth-order valence-electron chi connectivity index (χ4n) is 2.27. The zero-order valence-electron chi connectivity index (χ0n) is 14.3. The summed E-state index contributed by atoms with van der Waals surface area (Å²) in [5.74, 6) is -0.508. The minimum Gasteiger partial charge on any atom is -0.324 e. The molecule has 0 aromatic heterocycles. The molecular formula is C17H17Cl3N2O3S. The van der Waals surface area contributed by atoms with Crippen molar-refractivity contribution in [1.29, 1.82) is 0 Å². The maximum atomic E-state index is 12.5. The fourth-order valence-corrected chi connectivity index (χ4v) is 3.83. The van der Waals surface area contributed by atoms with E-state index in [0.717, 1.165) is 21.7 Å². The number of hydrogen-bond donors (Lipinski definition) is 1. The number of anilines is 2. The van der Waals surface area contributed by atoms with Crippen molar-refractivity contribution in [3.05, 3.63) is 56.5 Å². The van der Waals surface area contributed by atoms with Crippen molar-refractivity contribution in [3.8, 4) is 0 Å². The summed E-state index contributed by atoms with van der Waals surface area (Å²) in [6, 6.07) is 8.25. The van der Waals surface area contributed by atoms with Gasteiger partial charge in [-0.15, -0.1) is 0 Å². The Morgan fingerprint density at radius 1 is 1.04 bits per heavy atom. The number of rotatable bonds is 5. The highest BCUT2D eigenvalue weighted by molar-refractivity contribution is 7.92. The zero-order chi connectivity index (χ0) is 19.6. The summed E-state index contributed by atoms with van der Waals surface area (Å²) >= 11 is 18.0. The Morgan fingerprint density at radius 2 is 1.65 bits per heavy atom. The van der Waals surface area contributed by atoms with Crippen LogP contribution in [-0.4, -0.2) is 27.1 Å². The second-order valence-electron chi connectivity index (χ2n) is 5.85. The van der Waals surface area contributed by atoms with Crippen LogP contribution in [0.2, 0.25) is 15.1 Å². The first-order chi connectivity index (χ1) is 12.0. The largest absolute Gasteiger partial charge is 0.324 e. The summed E-state index contributed by atoms with van der Waals surface area (Å²) in [6.45, 7) is 3.29. The summed E-state index contributed by atoms with van der Waals surface area (Å²) < 4.78 is 25.3. The van der Waals surface area contributed by atoms with Gasteiger partial charge in [0.2, 0.25) is 15.9 Å². The lowest BCUT2D eigenvalue weighted by molar-refractivity contribution is -0.114. The zero-order valence-corrected chi connectivity index (χ0v) is 17.4. The molecule has 0 aliphatic rings. The molecule has 0 unspecified atom stereocenters. The van der Waals surface area contributed by atoms with Crippen LogP contribution in [0.3, 0.4) is 0 Å². The fraction of sp³-hybridized carbons (Fsp3) is 0.235. The highest BCUT2D eigenvalue weighted by Crippen LogP contribution is 2.35. The first-order valence-corrected chi connectivity index (χ1v) is 10.5. The number of sulfonamides is 1. The predicted octanol–water partition coefficient (Wildman–Crippen LogP) is 4.67. The van der Waals surface area contributed by atoms with Crippen molar-refractivity contribution in [2.75, 3.05) is 22.4 Å². The second-order valence-corrected chi connectivity index (χ2v) is 8.98. The van der Waals surface area contributed by atoms with Gasteiger partial charge in [-0.2, -0.15) is 0 Å². The van der Waals surface area contributed by atoms with Crippen LogP contribution in [0.25, 0.3) is 0 Å². The number of benzene rings is 2. The van der Waals surface area contributed by atoms with Crippen molar-refractivity contribution < 1.29 is 13.2 Å². The molecular weight excluding hydrogens is 419 g/mol. The van der Waals surface area contributed by atoms with E-state index in [1.165, 1.54) is 12.1 Å². The van der Waals surface area contributed by atoms with Gasteiger partial charge in [0, 0.05) is 5.69 Å². The van der Waals surface area contributed by atoms with Gasteiger partial charge in [-0.1, -0.05) is 46.9 Å². The van der Waals surface area contributed by atoms with Gasteiger partial charge in [0.05, 0.1) is 27.0 Å². The molecule has 0 atom stereocenters. The smallest absolute Gasteiger partial charge is 0.245 e. The Kier molecular flexibility index (Phi) is 6.45. The Bertz CT molecular complexity index is 962. The van der Waals surface area contributed by atoms with Crippen LogP contribution >= 0.6 is 34.8 Å². The van der Waals surface area contributed by atoms with E-state index in [1.54, 1.807) is 0 Å². The molecule has 9 heteroatoms. The molecule has 0 radical (unpaired) electrons. The first kappa shape index (κ1) is 20.8. The maximum absolute atomic E-state index is 12.5. The molecule has 0 saturated carbocycles. The summed E-state index contributed by atoms with van der Waals surface area (Å²) in [4.78, 5) is 12.5. The molecule has 2 aromatic carbocycles. The number of hydrogen-bond acceptors (Lipinski definition) is 3. The van der Waals surface area contributed by atoms with E-state index in [-0.39, 0.29) is 20.8 Å². The molecule has 2 aromatic rings. The molecule has 0 aliphatic carbocycles. The van der Waals surface area contributed by atoms with Crippen LogP contribution in [-0.2, 0) is 14.8 Å². The van der Waals surface area contributed by atoms with Crippen LogP contribution in [0.1, 0.15) is 11.1 Å². The quantitative estimate of drug-likeness (QED) is 0.694. The van der Waals surface area contributed by atoms with Crippen LogP contribution < -0.4 is 9.62 Å². The van der Waals surface area contributed by atoms with E-state index in [0.29, 0.717) is 5.69 Å². The molecule has 2 rings (SSSR count). The lowest BCUT2D eigenvalue weighted by Crippen LogP contribution is -2.37. The highest BCUT2D eigenvalue weighted by Gasteiger charge is 2.24. The van der Waals surface area contributed by atoms with Crippen molar-refractivity contribution in [2.24, 2.45) is 0 Å². The number of halogens is 3. The lowest BCUT2D eigenvalue weighted by atomic mass is 10.1. The van der Waals surface area contributed by atoms with Gasteiger partial charge < -0.3 is 5.32 Å². The molecule has 140 valence electrons. The number of nitrogens with zero attached hydrogens (tertiary/aromatic N) is 1. The Morgan fingerprint density at radius 3 is 2.27 bits per heavy atom. The van der Waals surface area contributed by atoms with Crippen LogP contribution in [0, 0.1) is 13.8 Å². The molecule has 0 heterocycles. The third-order valence-corrected chi connectivity index (χ3v) is 5.76. The molecule has 0 bridgehead atoms. The van der Waals surface area contributed by atoms with Crippen molar-refractivity contribution >= 4 is 62.1 Å². The number of nitrogens with one attached hydrogen (secondary N) is 1. The monoisotopic (exact) mass is 434 g/mol. The van der Waals surface area contributed by atoms with Gasteiger partial charge in [-0.05, 0) is 43.2 Å². The van der Waals surface area contributed by atoms with E-state index in [9.17, 15) is 13.2 Å². The summed E-state index contributed by atoms with van der Waals surface area (Å²) in [7, 11) is -3.79. The summed E-state index contributed by atoms with van der Waals surface area (Å²) in [5.41, 5.74) is 2.53. The summed E-state index contributed by atoms with van der Waals surface area (Å²) in [5, 5.41) is 3.12. The van der Waals surface area contributed by atoms with Gasteiger partial charge in [0.25, 0.3) is 0 Å². The number of amides is 1. The third-order valence-electron chi connectivity index (χ3n) is 3.61. The average Bonchev–Trinajstić information content (AvgIpc) is 2.51. The van der Waals surface area contributed by atoms with E-state index in [4.69, 9.17) is 34.8 Å². The molecule has 1 N–H and O–H groups in total. The molecule has 0 fully saturated rings. The van der Waals surface area contributed by atoms with Crippen molar-refractivity contribution in [2.45, 2.75) is 13.8 Å². The van der Waals surface area contributed by atoms with Crippen molar-refractivity contribution in [1.82, 2.24) is 0 Å². The lowest BCUT2D eigenvalue weighted by Gasteiger charge is -2.23. The molecule has 1 amide bonds. The Hall–Kier alpha value is -1.47. The molecule has 0 aliphatic heterocycles. The standard InChI is InChI=1S/C17H17Cl3N2O3S/c1-10-4-5-11(2)15(6-10)21-17(23)9-22(26(3,24)25)16-8-13(19)12(18)7-14(16)20/h4-8H,9H2,1-3H3,(H,21,23). The second kappa shape index (κ2) is 8.05. The van der Waals surface area contributed by atoms with E-state index >= 15 is 0 Å². The average molecular weight is 436 g/mol. The van der Waals surface area contributed by atoms with Gasteiger partial charge in [0.1, 0.15) is 6.54 Å². The molecule has 5 nitrogen and oxygen atoms in total. The maximum Gasteiger partial charge on any atom is 0.245 e. The SMILES string of the molecule is Cc1ccc(C)c(NC(=O)CN(c2cc(Cl)c(Cl)cc2Cl)S(C)(=O)=O)c1. The van der Waals surface area contributed by atoms with E-state index in [2.05, 4.69) is 5.32 Å². The predicted molar refractivity (Wildman–Crippen MR) is 108 cm³/mol. The van der Waals surface area contributed by atoms with E-state index in [1.807, 2.05) is 32.0 Å². The first-order valence-electron chi connectivity index (χ1n) is 7.48. The molecule has 26 heavy (non-hydrogen) atoms. The normalized spacial score (nSPS) is 11.3. The van der Waals surface area contributed by atoms with Gasteiger partial charge in [0.15, 0.2) is 0 Å². The highest BCUT2D eigenvalue weighted by atomic mass is 35.5. The molecule has 0 spiro atoms. The topological polar surface area (TPSA) is 66.5 Å². The number of carbonyl (C=O) groups is 1. The summed E-state index contributed by atoms with van der Waals surface area (Å²) in [6.07, 6.45) is 0.983. The third kappa shape index (κ3) is 5.04. The van der Waals surface area contributed by atoms with Crippen molar-refractivity contribution in [3.63, 3.8) is 0 Å².